The smallest absolute Gasteiger partial charge is 0.303 e. The fourth-order valence-corrected chi connectivity index (χ4v) is 2.02. The first-order chi connectivity index (χ1) is 9.81. The minimum absolute atomic E-state index is 0.0769. The van der Waals surface area contributed by atoms with Crippen LogP contribution in [0.1, 0.15) is 54.0 Å². The van der Waals surface area contributed by atoms with Crippen molar-refractivity contribution in [2.45, 2.75) is 33.1 Å². The Balaban J connectivity index is 2.44. The van der Waals surface area contributed by atoms with Crippen molar-refractivity contribution >= 4 is 17.7 Å². The maximum atomic E-state index is 12.0. The van der Waals surface area contributed by atoms with Gasteiger partial charge >= 0.3 is 5.97 Å². The highest BCUT2D eigenvalue weighted by Gasteiger charge is 2.14. The number of aryl methyl sites for hydroxylation is 1. The number of aliphatic carboxylic acids is 1. The lowest BCUT2D eigenvalue weighted by Gasteiger charge is -2.11. The predicted molar refractivity (Wildman–Crippen MR) is 78.4 cm³/mol. The van der Waals surface area contributed by atoms with Crippen LogP contribution >= 0.6 is 0 Å². The molecule has 0 aromatic carbocycles. The van der Waals surface area contributed by atoms with E-state index < -0.39 is 5.97 Å². The Labute approximate surface area is 124 Å². The second kappa shape index (κ2) is 7.61. The van der Waals surface area contributed by atoms with E-state index >= 15 is 0 Å². The summed E-state index contributed by atoms with van der Waals surface area (Å²) >= 11 is 0. The molecule has 1 heterocycles. The number of nitrogens with zero attached hydrogens (tertiary/aromatic N) is 1. The van der Waals surface area contributed by atoms with Crippen LogP contribution in [0.5, 0.6) is 0 Å². The fourth-order valence-electron chi connectivity index (χ4n) is 2.02. The van der Waals surface area contributed by atoms with Gasteiger partial charge in [0.15, 0.2) is 5.78 Å². The molecule has 1 rings (SSSR count). The van der Waals surface area contributed by atoms with Gasteiger partial charge in [-0.2, -0.15) is 0 Å². The number of carboxylic acids is 1. The SMILES string of the molecule is CC(=O)c1cc(C(=O)NCCC(C)CCC(=O)O)n(C)c1. The first-order valence-electron chi connectivity index (χ1n) is 6.98. The van der Waals surface area contributed by atoms with E-state index in [0.717, 1.165) is 6.42 Å². The third kappa shape index (κ3) is 5.41. The molecule has 6 heteroatoms. The topological polar surface area (TPSA) is 88.4 Å². The van der Waals surface area contributed by atoms with Gasteiger partial charge in [0, 0.05) is 31.8 Å². The standard InChI is InChI=1S/C15H22N2O4/c1-10(4-5-14(19)20)6-7-16-15(21)13-8-12(11(2)18)9-17(13)3/h8-10H,4-7H2,1-3H3,(H,16,21)(H,19,20). The molecule has 116 valence electrons. The van der Waals surface area contributed by atoms with Gasteiger partial charge in [0.1, 0.15) is 5.69 Å². The maximum absolute atomic E-state index is 12.0. The number of rotatable bonds is 8. The molecule has 21 heavy (non-hydrogen) atoms. The summed E-state index contributed by atoms with van der Waals surface area (Å²) in [5, 5.41) is 11.4. The van der Waals surface area contributed by atoms with E-state index in [4.69, 9.17) is 5.11 Å². The molecular weight excluding hydrogens is 272 g/mol. The van der Waals surface area contributed by atoms with Crippen molar-refractivity contribution < 1.29 is 19.5 Å². The first-order valence-corrected chi connectivity index (χ1v) is 6.98. The summed E-state index contributed by atoms with van der Waals surface area (Å²) in [6, 6.07) is 1.57. The van der Waals surface area contributed by atoms with Crippen molar-refractivity contribution in [3.63, 3.8) is 0 Å². The highest BCUT2D eigenvalue weighted by molar-refractivity contribution is 5.99. The van der Waals surface area contributed by atoms with Crippen molar-refractivity contribution in [1.29, 1.82) is 0 Å². The first kappa shape index (κ1) is 16.9. The monoisotopic (exact) mass is 294 g/mol. The quantitative estimate of drug-likeness (QED) is 0.716. The summed E-state index contributed by atoms with van der Waals surface area (Å²) in [6.07, 6.45) is 3.11. The number of aromatic nitrogens is 1. The lowest BCUT2D eigenvalue weighted by atomic mass is 10.0. The molecule has 0 bridgehead atoms. The second-order valence-electron chi connectivity index (χ2n) is 5.36. The van der Waals surface area contributed by atoms with E-state index in [1.54, 1.807) is 23.9 Å². The van der Waals surface area contributed by atoms with E-state index in [1.807, 2.05) is 6.92 Å². The molecule has 1 aromatic heterocycles. The average molecular weight is 294 g/mol. The van der Waals surface area contributed by atoms with Gasteiger partial charge in [-0.1, -0.05) is 6.92 Å². The summed E-state index contributed by atoms with van der Waals surface area (Å²) in [5.41, 5.74) is 0.955. The normalized spacial score (nSPS) is 12.0. The third-order valence-corrected chi connectivity index (χ3v) is 3.42. The van der Waals surface area contributed by atoms with E-state index in [1.165, 1.54) is 6.92 Å². The Morgan fingerprint density at radius 2 is 2.00 bits per heavy atom. The molecule has 0 aliphatic rings. The molecule has 0 saturated heterocycles. The molecule has 0 saturated carbocycles. The maximum Gasteiger partial charge on any atom is 0.303 e. The zero-order valence-corrected chi connectivity index (χ0v) is 12.7. The van der Waals surface area contributed by atoms with Crippen LogP contribution in [0.4, 0.5) is 0 Å². The van der Waals surface area contributed by atoms with Gasteiger partial charge in [0.2, 0.25) is 0 Å². The minimum Gasteiger partial charge on any atom is -0.481 e. The number of amides is 1. The van der Waals surface area contributed by atoms with Gasteiger partial charge < -0.3 is 15.0 Å². The largest absolute Gasteiger partial charge is 0.481 e. The molecule has 1 unspecified atom stereocenters. The van der Waals surface area contributed by atoms with Crippen molar-refractivity contribution in [1.82, 2.24) is 9.88 Å². The Hall–Kier alpha value is -2.11. The number of carboxylic acid groups (broad SMARTS) is 1. The molecule has 0 aliphatic heterocycles. The van der Waals surface area contributed by atoms with E-state index in [0.29, 0.717) is 24.2 Å². The Morgan fingerprint density at radius 3 is 2.52 bits per heavy atom. The summed E-state index contributed by atoms with van der Waals surface area (Å²) in [7, 11) is 1.72. The summed E-state index contributed by atoms with van der Waals surface area (Å²) < 4.78 is 1.62. The molecule has 0 spiro atoms. The van der Waals surface area contributed by atoms with Gasteiger partial charge in [0.25, 0.3) is 5.91 Å². The number of carbonyl (C=O) groups is 3. The number of hydrogen-bond acceptors (Lipinski definition) is 3. The van der Waals surface area contributed by atoms with Crippen molar-refractivity contribution in [3.05, 3.63) is 23.5 Å². The molecule has 1 atom stereocenters. The highest BCUT2D eigenvalue weighted by atomic mass is 16.4. The molecule has 1 aromatic rings. The molecule has 6 nitrogen and oxygen atoms in total. The van der Waals surface area contributed by atoms with Crippen LogP contribution < -0.4 is 5.32 Å². The molecule has 1 amide bonds. The highest BCUT2D eigenvalue weighted by Crippen LogP contribution is 2.10. The van der Waals surface area contributed by atoms with Gasteiger partial charge in [0.05, 0.1) is 0 Å². The van der Waals surface area contributed by atoms with Crippen LogP contribution in [0.2, 0.25) is 0 Å². The van der Waals surface area contributed by atoms with Crippen LogP contribution in [0.3, 0.4) is 0 Å². The zero-order chi connectivity index (χ0) is 16.0. The lowest BCUT2D eigenvalue weighted by molar-refractivity contribution is -0.137. The van der Waals surface area contributed by atoms with E-state index in [-0.39, 0.29) is 24.0 Å². The van der Waals surface area contributed by atoms with Crippen LogP contribution in [0.15, 0.2) is 12.3 Å². The average Bonchev–Trinajstić information content (AvgIpc) is 2.78. The predicted octanol–water partition coefficient (Wildman–Crippen LogP) is 1.85. The van der Waals surface area contributed by atoms with Crippen molar-refractivity contribution in [3.8, 4) is 0 Å². The molecule has 2 N–H and O–H groups in total. The van der Waals surface area contributed by atoms with Crippen molar-refractivity contribution in [2.75, 3.05) is 6.54 Å². The van der Waals surface area contributed by atoms with Gasteiger partial charge in [-0.3, -0.25) is 14.4 Å². The number of carbonyl (C=O) groups excluding carboxylic acids is 2. The molecule has 0 aliphatic carbocycles. The Morgan fingerprint density at radius 1 is 1.33 bits per heavy atom. The number of nitrogens with one attached hydrogen (secondary N) is 1. The molecule has 0 fully saturated rings. The number of hydrogen-bond donors (Lipinski definition) is 2. The van der Waals surface area contributed by atoms with Gasteiger partial charge in [-0.05, 0) is 31.7 Å². The van der Waals surface area contributed by atoms with Gasteiger partial charge in [-0.15, -0.1) is 0 Å². The zero-order valence-electron chi connectivity index (χ0n) is 12.7. The number of Topliss-reactive ketones (excluding diaryl/α,β-unsaturated/α-hetero) is 1. The van der Waals surface area contributed by atoms with Crippen LogP contribution in [0.25, 0.3) is 0 Å². The summed E-state index contributed by atoms with van der Waals surface area (Å²) in [6.45, 7) is 3.91. The van der Waals surface area contributed by atoms with Gasteiger partial charge in [-0.25, -0.2) is 0 Å². The van der Waals surface area contributed by atoms with Crippen LogP contribution in [-0.4, -0.2) is 33.9 Å². The van der Waals surface area contributed by atoms with Crippen molar-refractivity contribution in [2.24, 2.45) is 13.0 Å². The summed E-state index contributed by atoms with van der Waals surface area (Å²) in [5.74, 6) is -0.864. The van der Waals surface area contributed by atoms with E-state index in [2.05, 4.69) is 5.32 Å². The Bertz CT molecular complexity index is 534. The minimum atomic E-state index is -0.800. The fraction of sp³-hybridized carbons (Fsp3) is 0.533. The number of ketones is 1. The molecule has 0 radical (unpaired) electrons. The van der Waals surface area contributed by atoms with E-state index in [9.17, 15) is 14.4 Å². The van der Waals surface area contributed by atoms with Crippen LogP contribution in [-0.2, 0) is 11.8 Å². The molecular formula is C15H22N2O4. The summed E-state index contributed by atoms with van der Waals surface area (Å²) in [4.78, 5) is 33.7. The second-order valence-corrected chi connectivity index (χ2v) is 5.36. The van der Waals surface area contributed by atoms with Crippen LogP contribution in [0, 0.1) is 5.92 Å². The lowest BCUT2D eigenvalue weighted by Crippen LogP contribution is -2.27. The Kier molecular flexibility index (Phi) is 6.14. The third-order valence-electron chi connectivity index (χ3n) is 3.42.